The van der Waals surface area contributed by atoms with Crippen LogP contribution in [-0.2, 0) is 14.8 Å². The zero-order valence-corrected chi connectivity index (χ0v) is 17.0. The Balaban J connectivity index is 2.19. The van der Waals surface area contributed by atoms with Crippen LogP contribution in [0, 0.1) is 0 Å². The molecule has 2 aromatic rings. The number of ether oxygens (including phenoxy) is 3. The van der Waals surface area contributed by atoms with Crippen molar-refractivity contribution in [2.75, 3.05) is 36.6 Å². The Kier molecular flexibility index (Phi) is 7.03. The molecule has 0 atom stereocenters. The van der Waals surface area contributed by atoms with E-state index in [0.29, 0.717) is 5.75 Å². The van der Waals surface area contributed by atoms with Crippen LogP contribution in [0.4, 0.5) is 24.5 Å². The summed E-state index contributed by atoms with van der Waals surface area (Å²) in [5, 5.41) is 2.42. The van der Waals surface area contributed by atoms with E-state index in [0.717, 1.165) is 22.7 Å². The highest BCUT2D eigenvalue weighted by Crippen LogP contribution is 2.33. The van der Waals surface area contributed by atoms with Gasteiger partial charge in [-0.3, -0.25) is 9.10 Å². The van der Waals surface area contributed by atoms with Crippen molar-refractivity contribution in [3.05, 3.63) is 42.5 Å². The largest absolute Gasteiger partial charge is 0.573 e. The van der Waals surface area contributed by atoms with Crippen molar-refractivity contribution in [1.82, 2.24) is 0 Å². The zero-order chi connectivity index (χ0) is 22.5. The number of rotatable bonds is 8. The van der Waals surface area contributed by atoms with E-state index in [9.17, 15) is 26.4 Å². The Morgan fingerprint density at radius 2 is 1.63 bits per heavy atom. The lowest BCUT2D eigenvalue weighted by atomic mass is 10.2. The second kappa shape index (κ2) is 9.11. The molecule has 2 rings (SSSR count). The molecule has 0 spiro atoms. The highest BCUT2D eigenvalue weighted by Gasteiger charge is 2.31. The molecule has 0 aromatic heterocycles. The summed E-state index contributed by atoms with van der Waals surface area (Å²) in [5.74, 6) is -0.583. The van der Waals surface area contributed by atoms with Crippen LogP contribution < -0.4 is 23.8 Å². The van der Waals surface area contributed by atoms with E-state index in [1.807, 2.05) is 0 Å². The molecular weight excluding hydrogens is 429 g/mol. The molecule has 1 N–H and O–H groups in total. The van der Waals surface area contributed by atoms with Gasteiger partial charge in [-0.05, 0) is 36.4 Å². The van der Waals surface area contributed by atoms with E-state index >= 15 is 0 Å². The van der Waals surface area contributed by atoms with E-state index in [1.54, 1.807) is 0 Å². The SMILES string of the molecule is COc1ccc(N(CC(=O)Nc2ccc(OC(F)(F)F)cc2)S(C)(=O)=O)c(OC)c1. The molecule has 164 valence electrons. The third-order valence-corrected chi connectivity index (χ3v) is 4.84. The Morgan fingerprint density at radius 3 is 2.13 bits per heavy atom. The first kappa shape index (κ1) is 23.1. The summed E-state index contributed by atoms with van der Waals surface area (Å²) in [6.07, 6.45) is -3.91. The van der Waals surface area contributed by atoms with Gasteiger partial charge in [-0.15, -0.1) is 13.2 Å². The van der Waals surface area contributed by atoms with E-state index in [1.165, 1.54) is 44.6 Å². The van der Waals surface area contributed by atoms with Crippen molar-refractivity contribution in [3.63, 3.8) is 0 Å². The summed E-state index contributed by atoms with van der Waals surface area (Å²) in [4.78, 5) is 12.4. The fourth-order valence-corrected chi connectivity index (χ4v) is 3.30. The molecule has 0 unspecified atom stereocenters. The van der Waals surface area contributed by atoms with Crippen LogP contribution in [-0.4, -0.2) is 47.7 Å². The van der Waals surface area contributed by atoms with Gasteiger partial charge in [0.25, 0.3) is 0 Å². The molecule has 1 amide bonds. The standard InChI is InChI=1S/C18H19F3N2O6S/c1-27-14-8-9-15(16(10-14)28-2)23(30(3,25)26)11-17(24)22-12-4-6-13(7-5-12)29-18(19,20)21/h4-10H,11H2,1-3H3,(H,22,24). The number of benzene rings is 2. The van der Waals surface area contributed by atoms with Crippen molar-refractivity contribution in [2.24, 2.45) is 0 Å². The van der Waals surface area contributed by atoms with Crippen molar-refractivity contribution in [3.8, 4) is 17.2 Å². The maximum Gasteiger partial charge on any atom is 0.573 e. The number of nitrogens with one attached hydrogen (secondary N) is 1. The van der Waals surface area contributed by atoms with Gasteiger partial charge in [-0.1, -0.05) is 0 Å². The van der Waals surface area contributed by atoms with E-state index in [4.69, 9.17) is 9.47 Å². The number of nitrogens with zero attached hydrogens (tertiary/aromatic N) is 1. The summed E-state index contributed by atoms with van der Waals surface area (Å²) >= 11 is 0. The van der Waals surface area contributed by atoms with E-state index < -0.39 is 34.6 Å². The van der Waals surface area contributed by atoms with Gasteiger partial charge in [0.2, 0.25) is 15.9 Å². The van der Waals surface area contributed by atoms with Crippen LogP contribution in [0.3, 0.4) is 0 Å². The summed E-state index contributed by atoms with van der Waals surface area (Å²) in [6.45, 7) is -0.595. The number of hydrogen-bond donors (Lipinski definition) is 1. The third kappa shape index (κ3) is 6.44. The van der Waals surface area contributed by atoms with E-state index in [-0.39, 0.29) is 17.1 Å². The first-order chi connectivity index (χ1) is 13.9. The van der Waals surface area contributed by atoms with Gasteiger partial charge >= 0.3 is 6.36 Å². The number of amides is 1. The Labute approximate surface area is 171 Å². The molecule has 2 aromatic carbocycles. The van der Waals surface area contributed by atoms with Crippen LogP contribution in [0.15, 0.2) is 42.5 Å². The van der Waals surface area contributed by atoms with Crippen molar-refractivity contribution >= 4 is 27.3 Å². The van der Waals surface area contributed by atoms with Crippen LogP contribution in [0.2, 0.25) is 0 Å². The molecule has 8 nitrogen and oxygen atoms in total. The predicted octanol–water partition coefficient (Wildman–Crippen LogP) is 3.01. The summed E-state index contributed by atoms with van der Waals surface area (Å²) in [5.41, 5.74) is 0.273. The quantitative estimate of drug-likeness (QED) is 0.667. The average Bonchev–Trinajstić information content (AvgIpc) is 2.65. The predicted molar refractivity (Wildman–Crippen MR) is 103 cm³/mol. The summed E-state index contributed by atoms with van der Waals surface area (Å²) in [6, 6.07) is 8.82. The van der Waals surface area contributed by atoms with Gasteiger partial charge in [-0.2, -0.15) is 0 Å². The van der Waals surface area contributed by atoms with Gasteiger partial charge in [0.15, 0.2) is 0 Å². The smallest absolute Gasteiger partial charge is 0.497 e. The summed E-state index contributed by atoms with van der Waals surface area (Å²) in [7, 11) is -1.11. The van der Waals surface area contributed by atoms with Crippen LogP contribution in [0.1, 0.15) is 0 Å². The maximum atomic E-state index is 12.4. The monoisotopic (exact) mass is 448 g/mol. The number of methoxy groups -OCH3 is 2. The number of carbonyl (C=O) groups excluding carboxylic acids is 1. The lowest BCUT2D eigenvalue weighted by Crippen LogP contribution is -2.37. The molecule has 0 bridgehead atoms. The number of halogens is 3. The van der Waals surface area contributed by atoms with Gasteiger partial charge < -0.3 is 19.5 Å². The zero-order valence-electron chi connectivity index (χ0n) is 16.2. The Morgan fingerprint density at radius 1 is 1.03 bits per heavy atom. The number of alkyl halides is 3. The minimum atomic E-state index is -4.84. The fourth-order valence-electron chi connectivity index (χ4n) is 2.44. The minimum Gasteiger partial charge on any atom is -0.497 e. The molecule has 0 saturated carbocycles. The van der Waals surface area contributed by atoms with Gasteiger partial charge in [0.05, 0.1) is 26.2 Å². The Hall–Kier alpha value is -3.15. The number of hydrogen-bond acceptors (Lipinski definition) is 6. The first-order valence-corrected chi connectivity index (χ1v) is 10.1. The molecule has 0 fully saturated rings. The van der Waals surface area contributed by atoms with Crippen molar-refractivity contribution in [2.45, 2.75) is 6.36 Å². The number of sulfonamides is 1. The molecular formula is C18H19F3N2O6S. The van der Waals surface area contributed by atoms with Crippen molar-refractivity contribution < 1.29 is 40.6 Å². The molecule has 0 aliphatic heterocycles. The van der Waals surface area contributed by atoms with Gasteiger partial charge in [0, 0.05) is 11.8 Å². The lowest BCUT2D eigenvalue weighted by molar-refractivity contribution is -0.274. The lowest BCUT2D eigenvalue weighted by Gasteiger charge is -2.24. The Bertz CT molecular complexity index is 994. The van der Waals surface area contributed by atoms with Crippen LogP contribution in [0.5, 0.6) is 17.2 Å². The number of anilines is 2. The minimum absolute atomic E-state index is 0.116. The fraction of sp³-hybridized carbons (Fsp3) is 0.278. The molecule has 0 aliphatic carbocycles. The summed E-state index contributed by atoms with van der Waals surface area (Å²) < 4.78 is 76.0. The molecule has 30 heavy (non-hydrogen) atoms. The van der Waals surface area contributed by atoms with Crippen LogP contribution in [0.25, 0.3) is 0 Å². The highest BCUT2D eigenvalue weighted by atomic mass is 32.2. The average molecular weight is 448 g/mol. The second-order valence-corrected chi connectivity index (χ2v) is 7.83. The number of carbonyl (C=O) groups is 1. The maximum absolute atomic E-state index is 12.4. The third-order valence-electron chi connectivity index (χ3n) is 3.71. The highest BCUT2D eigenvalue weighted by molar-refractivity contribution is 7.92. The first-order valence-electron chi connectivity index (χ1n) is 8.28. The molecule has 0 aliphatic rings. The molecule has 0 saturated heterocycles. The second-order valence-electron chi connectivity index (χ2n) is 5.93. The molecule has 0 radical (unpaired) electrons. The topological polar surface area (TPSA) is 94.2 Å². The van der Waals surface area contributed by atoms with Crippen molar-refractivity contribution in [1.29, 1.82) is 0 Å². The van der Waals surface area contributed by atoms with Gasteiger partial charge in [0.1, 0.15) is 23.8 Å². The van der Waals surface area contributed by atoms with E-state index in [2.05, 4.69) is 10.1 Å². The van der Waals surface area contributed by atoms with Crippen LogP contribution >= 0.6 is 0 Å². The normalized spacial score (nSPS) is 11.5. The molecule has 0 heterocycles. The molecule has 12 heteroatoms. The van der Waals surface area contributed by atoms with Gasteiger partial charge in [-0.25, -0.2) is 8.42 Å².